The van der Waals surface area contributed by atoms with Crippen LogP contribution >= 0.6 is 0 Å². The van der Waals surface area contributed by atoms with E-state index in [2.05, 4.69) is 5.48 Å². The molecule has 0 amide bonds. The molecule has 0 spiro atoms. The van der Waals surface area contributed by atoms with E-state index >= 15 is 0 Å². The van der Waals surface area contributed by atoms with Gasteiger partial charge in [0.05, 0.1) is 12.6 Å². The first-order valence-corrected chi connectivity index (χ1v) is 5.93. The average molecular weight is 251 g/mol. The van der Waals surface area contributed by atoms with Gasteiger partial charge in [-0.15, -0.1) is 0 Å². The van der Waals surface area contributed by atoms with Crippen molar-refractivity contribution in [3.63, 3.8) is 0 Å². The van der Waals surface area contributed by atoms with E-state index in [-0.39, 0.29) is 6.61 Å². The van der Waals surface area contributed by atoms with E-state index < -0.39 is 23.7 Å². The lowest BCUT2D eigenvalue weighted by molar-refractivity contribution is -0.213. The maximum atomic E-state index is 11.9. The second-order valence-corrected chi connectivity index (χ2v) is 4.39. The van der Waals surface area contributed by atoms with Crippen molar-refractivity contribution in [2.75, 3.05) is 6.61 Å². The lowest BCUT2D eigenvalue weighted by Gasteiger charge is -2.23. The summed E-state index contributed by atoms with van der Waals surface area (Å²) in [6.45, 7) is 3.45. The van der Waals surface area contributed by atoms with Gasteiger partial charge in [-0.3, -0.25) is 9.63 Å². The number of esters is 1. The lowest BCUT2D eigenvalue weighted by atomic mass is 9.89. The number of hydrogen-bond donors (Lipinski definition) is 2. The van der Waals surface area contributed by atoms with Gasteiger partial charge in [0.25, 0.3) is 0 Å². The van der Waals surface area contributed by atoms with Gasteiger partial charge >= 0.3 is 5.97 Å². The van der Waals surface area contributed by atoms with Gasteiger partial charge in [0.2, 0.25) is 0 Å². The van der Waals surface area contributed by atoms with E-state index in [1.54, 1.807) is 6.92 Å². The number of rotatable bonds is 3. The topological polar surface area (TPSA) is 67.8 Å². The Morgan fingerprint density at radius 1 is 1.50 bits per heavy atom. The molecule has 1 fully saturated rings. The first kappa shape index (κ1) is 13.0. The Kier molecular flexibility index (Phi) is 3.65. The number of ether oxygens (including phenoxy) is 1. The van der Waals surface area contributed by atoms with Crippen LogP contribution in [0.3, 0.4) is 0 Å². The van der Waals surface area contributed by atoms with Crippen LogP contribution in [0.25, 0.3) is 0 Å². The highest BCUT2D eigenvalue weighted by molar-refractivity contribution is 5.75. The van der Waals surface area contributed by atoms with E-state index in [0.717, 1.165) is 5.56 Å². The van der Waals surface area contributed by atoms with Crippen molar-refractivity contribution in [2.24, 2.45) is 5.92 Å². The van der Waals surface area contributed by atoms with Crippen LogP contribution in [0, 0.1) is 5.92 Å². The van der Waals surface area contributed by atoms with Gasteiger partial charge in [-0.05, 0) is 19.4 Å². The molecule has 18 heavy (non-hydrogen) atoms. The van der Waals surface area contributed by atoms with E-state index in [1.807, 2.05) is 30.3 Å². The molecule has 0 aliphatic carbocycles. The average Bonchev–Trinajstić information content (AvgIpc) is 2.66. The molecule has 1 unspecified atom stereocenters. The summed E-state index contributed by atoms with van der Waals surface area (Å²) < 4.78 is 4.99. The number of aliphatic hydroxyl groups is 1. The monoisotopic (exact) mass is 251 g/mol. The van der Waals surface area contributed by atoms with E-state index in [9.17, 15) is 9.90 Å². The smallest absolute Gasteiger partial charge is 0.316 e. The molecule has 1 saturated heterocycles. The standard InChI is InChI=1S/C13H17NO4/c1-3-17-12(15)10-11(14-18-13(10,2)16)9-7-5-4-6-8-9/h4-8,10-11,14,16H,3H2,1-2H3/t10-,11+,13?/m1/s1. The molecule has 5 nitrogen and oxygen atoms in total. The van der Waals surface area contributed by atoms with Gasteiger partial charge in [0.1, 0.15) is 5.92 Å². The summed E-state index contributed by atoms with van der Waals surface area (Å²) in [5, 5.41) is 10.1. The zero-order valence-electron chi connectivity index (χ0n) is 10.4. The highest BCUT2D eigenvalue weighted by atomic mass is 16.8. The van der Waals surface area contributed by atoms with Gasteiger partial charge in [-0.1, -0.05) is 30.3 Å². The van der Waals surface area contributed by atoms with Crippen LogP contribution in [0.1, 0.15) is 25.5 Å². The Morgan fingerprint density at radius 3 is 2.78 bits per heavy atom. The van der Waals surface area contributed by atoms with Gasteiger partial charge in [-0.25, -0.2) is 0 Å². The molecular formula is C13H17NO4. The summed E-state index contributed by atoms with van der Waals surface area (Å²) >= 11 is 0. The molecule has 1 aliphatic heterocycles. The van der Waals surface area contributed by atoms with Gasteiger partial charge in [0.15, 0.2) is 5.79 Å². The number of hydrogen-bond acceptors (Lipinski definition) is 5. The molecule has 5 heteroatoms. The first-order chi connectivity index (χ1) is 8.56. The Hall–Kier alpha value is -1.43. The van der Waals surface area contributed by atoms with Crippen molar-refractivity contribution >= 4 is 5.97 Å². The fourth-order valence-electron chi connectivity index (χ4n) is 2.13. The molecule has 1 aliphatic rings. The minimum absolute atomic E-state index is 0.271. The van der Waals surface area contributed by atoms with Crippen molar-refractivity contribution in [1.29, 1.82) is 0 Å². The zero-order chi connectivity index (χ0) is 13.2. The third-order valence-electron chi connectivity index (χ3n) is 3.00. The third kappa shape index (κ3) is 2.38. The maximum absolute atomic E-state index is 11.9. The molecule has 2 N–H and O–H groups in total. The van der Waals surface area contributed by atoms with Crippen LogP contribution in [0.15, 0.2) is 30.3 Å². The molecular weight excluding hydrogens is 234 g/mol. The quantitative estimate of drug-likeness (QED) is 0.789. The number of carbonyl (C=O) groups is 1. The van der Waals surface area contributed by atoms with Crippen molar-refractivity contribution in [1.82, 2.24) is 5.48 Å². The van der Waals surface area contributed by atoms with Crippen molar-refractivity contribution in [2.45, 2.75) is 25.7 Å². The number of nitrogens with one attached hydrogen (secondary N) is 1. The zero-order valence-corrected chi connectivity index (χ0v) is 10.4. The van der Waals surface area contributed by atoms with Crippen LogP contribution in [0.4, 0.5) is 0 Å². The summed E-state index contributed by atoms with van der Waals surface area (Å²) in [4.78, 5) is 17.0. The Bertz CT molecular complexity index is 418. The minimum atomic E-state index is -1.58. The summed E-state index contributed by atoms with van der Waals surface area (Å²) in [5.41, 5.74) is 3.57. The number of hydroxylamine groups is 1. The van der Waals surface area contributed by atoms with Crippen LogP contribution in [-0.4, -0.2) is 23.5 Å². The third-order valence-corrected chi connectivity index (χ3v) is 3.00. The minimum Gasteiger partial charge on any atom is -0.466 e. The van der Waals surface area contributed by atoms with Crippen LogP contribution < -0.4 is 5.48 Å². The van der Waals surface area contributed by atoms with E-state index in [4.69, 9.17) is 9.57 Å². The van der Waals surface area contributed by atoms with Gasteiger partial charge in [0, 0.05) is 0 Å². The highest BCUT2D eigenvalue weighted by Gasteiger charge is 2.51. The second-order valence-electron chi connectivity index (χ2n) is 4.39. The number of carbonyl (C=O) groups excluding carboxylic acids is 1. The predicted molar refractivity (Wildman–Crippen MR) is 64.2 cm³/mol. The summed E-state index contributed by atoms with van der Waals surface area (Å²) in [7, 11) is 0. The molecule has 1 heterocycles. The molecule has 0 saturated carbocycles. The summed E-state index contributed by atoms with van der Waals surface area (Å²) in [6.07, 6.45) is 0. The fraction of sp³-hybridized carbons (Fsp3) is 0.462. The SMILES string of the molecule is CCOC(=O)[C@H]1[C@H](c2ccccc2)NOC1(C)O. The van der Waals surface area contributed by atoms with Gasteiger partial charge < -0.3 is 9.84 Å². The Balaban J connectivity index is 2.28. The molecule has 0 aromatic heterocycles. The Labute approximate surface area is 106 Å². The van der Waals surface area contributed by atoms with Gasteiger partial charge in [-0.2, -0.15) is 5.48 Å². The van der Waals surface area contributed by atoms with E-state index in [0.29, 0.717) is 0 Å². The first-order valence-electron chi connectivity index (χ1n) is 5.93. The molecule has 0 bridgehead atoms. The molecule has 98 valence electrons. The highest BCUT2D eigenvalue weighted by Crippen LogP contribution is 2.38. The second kappa shape index (κ2) is 5.06. The molecule has 3 atom stereocenters. The van der Waals surface area contributed by atoms with Crippen molar-refractivity contribution < 1.29 is 19.5 Å². The summed E-state index contributed by atoms with van der Waals surface area (Å²) in [6, 6.07) is 8.94. The molecule has 1 aromatic rings. The lowest BCUT2D eigenvalue weighted by Crippen LogP contribution is -2.39. The van der Waals surface area contributed by atoms with Crippen LogP contribution in [0.5, 0.6) is 0 Å². The Morgan fingerprint density at radius 2 is 2.17 bits per heavy atom. The normalized spacial score (nSPS) is 31.3. The fourth-order valence-corrected chi connectivity index (χ4v) is 2.13. The van der Waals surface area contributed by atoms with Crippen LogP contribution in [-0.2, 0) is 14.4 Å². The molecule has 0 radical (unpaired) electrons. The largest absolute Gasteiger partial charge is 0.466 e. The number of benzene rings is 1. The van der Waals surface area contributed by atoms with Crippen molar-refractivity contribution in [3.05, 3.63) is 35.9 Å². The van der Waals surface area contributed by atoms with Crippen molar-refractivity contribution in [3.8, 4) is 0 Å². The predicted octanol–water partition coefficient (Wildman–Crippen LogP) is 1.15. The molecule has 1 aromatic carbocycles. The summed E-state index contributed by atoms with van der Waals surface area (Å²) in [5.74, 6) is -2.84. The van der Waals surface area contributed by atoms with Crippen LogP contribution in [0.2, 0.25) is 0 Å². The van der Waals surface area contributed by atoms with E-state index in [1.165, 1.54) is 6.92 Å². The maximum Gasteiger partial charge on any atom is 0.316 e. The molecule has 2 rings (SSSR count).